The highest BCUT2D eigenvalue weighted by molar-refractivity contribution is 6.31. The Kier molecular flexibility index (Phi) is 6.74. The highest BCUT2D eigenvalue weighted by atomic mass is 35.5. The molecule has 0 bridgehead atoms. The standard InChI is InChI=1S/C22H18ClF3N6O3/c1-11-16(35-19-9-18(27-10-28-19)31-20(33)12-2-3-12)6-7-17(29-11)32-21(34)30-13-4-5-15(23)14(8-13)22(24,25)26/h4-10,12H,2-3H2,1H3,(H,27,28,31,33)(H2,29,30,32,34). The van der Waals surface area contributed by atoms with Crippen LogP contribution in [0.25, 0.3) is 0 Å². The van der Waals surface area contributed by atoms with E-state index in [0.717, 1.165) is 25.0 Å². The van der Waals surface area contributed by atoms with Gasteiger partial charge < -0.3 is 15.4 Å². The number of aryl methyl sites for hydroxylation is 1. The molecule has 4 rings (SSSR count). The van der Waals surface area contributed by atoms with Crippen molar-refractivity contribution in [3.05, 3.63) is 59.0 Å². The number of hydrogen-bond donors (Lipinski definition) is 3. The number of amides is 3. The summed E-state index contributed by atoms with van der Waals surface area (Å²) in [5, 5.41) is 6.97. The molecule has 0 radical (unpaired) electrons. The molecule has 2 aromatic heterocycles. The van der Waals surface area contributed by atoms with Crippen LogP contribution in [-0.2, 0) is 11.0 Å². The van der Waals surface area contributed by atoms with Gasteiger partial charge in [-0.1, -0.05) is 11.6 Å². The fourth-order valence-electron chi connectivity index (χ4n) is 2.97. The minimum atomic E-state index is -4.66. The van der Waals surface area contributed by atoms with Crippen molar-refractivity contribution in [1.82, 2.24) is 15.0 Å². The topological polar surface area (TPSA) is 118 Å². The average molecular weight is 507 g/mol. The number of ether oxygens (including phenoxy) is 1. The first kappa shape index (κ1) is 24.2. The number of aromatic nitrogens is 3. The van der Waals surface area contributed by atoms with E-state index in [0.29, 0.717) is 17.3 Å². The molecule has 1 aromatic carbocycles. The molecule has 1 fully saturated rings. The molecule has 0 spiro atoms. The van der Waals surface area contributed by atoms with E-state index in [9.17, 15) is 22.8 Å². The fraction of sp³-hybridized carbons (Fsp3) is 0.227. The summed E-state index contributed by atoms with van der Waals surface area (Å²) in [6.07, 6.45) is -1.69. The largest absolute Gasteiger partial charge is 0.437 e. The van der Waals surface area contributed by atoms with Gasteiger partial charge >= 0.3 is 12.2 Å². The minimum Gasteiger partial charge on any atom is -0.437 e. The first-order chi connectivity index (χ1) is 16.6. The zero-order chi connectivity index (χ0) is 25.2. The second kappa shape index (κ2) is 9.74. The van der Waals surface area contributed by atoms with Gasteiger partial charge in [0.05, 0.1) is 16.3 Å². The van der Waals surface area contributed by atoms with Crippen LogP contribution >= 0.6 is 11.6 Å². The van der Waals surface area contributed by atoms with Crippen LogP contribution < -0.4 is 20.7 Å². The number of hydrogen-bond acceptors (Lipinski definition) is 6. The first-order valence-electron chi connectivity index (χ1n) is 10.3. The lowest BCUT2D eigenvalue weighted by Crippen LogP contribution is -2.20. The highest BCUT2D eigenvalue weighted by Gasteiger charge is 2.33. The van der Waals surface area contributed by atoms with Crippen LogP contribution in [0.2, 0.25) is 5.02 Å². The second-order valence-electron chi connectivity index (χ2n) is 7.66. The number of benzene rings is 1. The number of alkyl halides is 3. The van der Waals surface area contributed by atoms with Gasteiger partial charge in [-0.3, -0.25) is 10.1 Å². The third-order valence-corrected chi connectivity index (χ3v) is 5.19. The number of carbonyl (C=O) groups is 2. The maximum atomic E-state index is 13.0. The van der Waals surface area contributed by atoms with Crippen LogP contribution in [0.3, 0.4) is 0 Å². The molecule has 35 heavy (non-hydrogen) atoms. The number of pyridine rings is 1. The molecule has 0 aliphatic heterocycles. The van der Waals surface area contributed by atoms with E-state index in [4.69, 9.17) is 16.3 Å². The summed E-state index contributed by atoms with van der Waals surface area (Å²) in [5.74, 6) is 0.874. The molecule has 3 aromatic rings. The Morgan fingerprint density at radius 2 is 1.80 bits per heavy atom. The maximum Gasteiger partial charge on any atom is 0.417 e. The van der Waals surface area contributed by atoms with Crippen molar-refractivity contribution in [2.45, 2.75) is 25.9 Å². The Balaban J connectivity index is 1.39. The van der Waals surface area contributed by atoms with Gasteiger partial charge in [-0.05, 0) is 50.1 Å². The Morgan fingerprint density at radius 1 is 1.03 bits per heavy atom. The molecule has 13 heteroatoms. The number of urea groups is 1. The summed E-state index contributed by atoms with van der Waals surface area (Å²) in [5.41, 5.74) is -0.757. The van der Waals surface area contributed by atoms with Crippen molar-refractivity contribution < 1.29 is 27.5 Å². The second-order valence-corrected chi connectivity index (χ2v) is 8.07. The lowest BCUT2D eigenvalue weighted by Gasteiger charge is -2.13. The van der Waals surface area contributed by atoms with E-state index in [1.165, 1.54) is 30.6 Å². The Hall–Kier alpha value is -3.93. The summed E-state index contributed by atoms with van der Waals surface area (Å²) in [6, 6.07) is 6.68. The van der Waals surface area contributed by atoms with Crippen LogP contribution in [0.1, 0.15) is 24.1 Å². The van der Waals surface area contributed by atoms with Crippen molar-refractivity contribution in [3.63, 3.8) is 0 Å². The molecule has 1 aliphatic carbocycles. The van der Waals surface area contributed by atoms with Gasteiger partial charge in [-0.25, -0.2) is 19.7 Å². The molecule has 182 valence electrons. The van der Waals surface area contributed by atoms with E-state index in [-0.39, 0.29) is 29.2 Å². The monoisotopic (exact) mass is 506 g/mol. The first-order valence-corrected chi connectivity index (χ1v) is 10.7. The molecule has 2 heterocycles. The normalized spacial score (nSPS) is 13.2. The summed E-state index contributed by atoms with van der Waals surface area (Å²) in [4.78, 5) is 36.3. The van der Waals surface area contributed by atoms with Gasteiger partial charge in [0.25, 0.3) is 0 Å². The maximum absolute atomic E-state index is 13.0. The van der Waals surface area contributed by atoms with Crippen LogP contribution in [-0.4, -0.2) is 26.9 Å². The Labute approximate surface area is 202 Å². The van der Waals surface area contributed by atoms with Gasteiger partial charge in [0.1, 0.15) is 18.0 Å². The molecular weight excluding hydrogens is 489 g/mol. The van der Waals surface area contributed by atoms with E-state index >= 15 is 0 Å². The number of rotatable bonds is 6. The van der Waals surface area contributed by atoms with E-state index in [1.54, 1.807) is 6.92 Å². The van der Waals surface area contributed by atoms with E-state index in [1.807, 2.05) is 0 Å². The molecule has 3 amide bonds. The van der Waals surface area contributed by atoms with Gasteiger partial charge in [0.2, 0.25) is 11.8 Å². The van der Waals surface area contributed by atoms with Gasteiger partial charge in [-0.15, -0.1) is 0 Å². The molecule has 3 N–H and O–H groups in total. The summed E-state index contributed by atoms with van der Waals surface area (Å²) in [6.45, 7) is 1.63. The Bertz CT molecular complexity index is 1280. The van der Waals surface area contributed by atoms with Gasteiger partial charge in [0.15, 0.2) is 5.75 Å². The molecular formula is C22H18ClF3N6O3. The number of anilines is 3. The average Bonchev–Trinajstić information content (AvgIpc) is 3.62. The summed E-state index contributed by atoms with van der Waals surface area (Å²) in [7, 11) is 0. The third-order valence-electron chi connectivity index (χ3n) is 4.86. The van der Waals surface area contributed by atoms with Gasteiger partial charge in [0, 0.05) is 17.7 Å². The SMILES string of the molecule is Cc1nc(NC(=O)Nc2ccc(Cl)c(C(F)(F)F)c2)ccc1Oc1cc(NC(=O)C2CC2)ncn1. The predicted molar refractivity (Wildman–Crippen MR) is 122 cm³/mol. The Morgan fingerprint density at radius 3 is 2.49 bits per heavy atom. The molecule has 0 saturated heterocycles. The van der Waals surface area contributed by atoms with E-state index in [2.05, 4.69) is 30.9 Å². The zero-order valence-corrected chi connectivity index (χ0v) is 18.9. The molecule has 1 aliphatic rings. The van der Waals surface area contributed by atoms with Crippen LogP contribution in [0, 0.1) is 12.8 Å². The van der Waals surface area contributed by atoms with Crippen molar-refractivity contribution in [2.75, 3.05) is 16.0 Å². The minimum absolute atomic E-state index is 0.0180. The lowest BCUT2D eigenvalue weighted by atomic mass is 10.2. The summed E-state index contributed by atoms with van der Waals surface area (Å²) >= 11 is 5.59. The molecule has 0 atom stereocenters. The smallest absolute Gasteiger partial charge is 0.417 e. The van der Waals surface area contributed by atoms with Crippen LogP contribution in [0.5, 0.6) is 11.6 Å². The summed E-state index contributed by atoms with van der Waals surface area (Å²) < 4.78 is 44.7. The van der Waals surface area contributed by atoms with Crippen LogP contribution in [0.15, 0.2) is 42.7 Å². The predicted octanol–water partition coefficient (Wildman–Crippen LogP) is 5.64. The number of halogens is 4. The molecule has 1 saturated carbocycles. The van der Waals surface area contributed by atoms with E-state index < -0.39 is 22.8 Å². The van der Waals surface area contributed by atoms with Crippen molar-refractivity contribution >= 4 is 40.9 Å². The lowest BCUT2D eigenvalue weighted by molar-refractivity contribution is -0.137. The third kappa shape index (κ3) is 6.35. The molecule has 0 unspecified atom stereocenters. The number of carbonyl (C=O) groups excluding carboxylic acids is 2. The zero-order valence-electron chi connectivity index (χ0n) is 18.1. The van der Waals surface area contributed by atoms with Gasteiger partial charge in [-0.2, -0.15) is 13.2 Å². The quantitative estimate of drug-likeness (QED) is 0.398. The van der Waals surface area contributed by atoms with Crippen molar-refractivity contribution in [1.29, 1.82) is 0 Å². The number of nitrogens with zero attached hydrogens (tertiary/aromatic N) is 3. The fourth-order valence-corrected chi connectivity index (χ4v) is 3.20. The molecule has 9 nitrogen and oxygen atoms in total. The number of nitrogens with one attached hydrogen (secondary N) is 3. The van der Waals surface area contributed by atoms with Crippen molar-refractivity contribution in [2.24, 2.45) is 5.92 Å². The van der Waals surface area contributed by atoms with Crippen LogP contribution in [0.4, 0.5) is 35.3 Å². The highest BCUT2D eigenvalue weighted by Crippen LogP contribution is 2.36. The van der Waals surface area contributed by atoms with Crippen molar-refractivity contribution in [3.8, 4) is 11.6 Å².